The summed E-state index contributed by atoms with van der Waals surface area (Å²) in [5.41, 5.74) is 7.24. The third-order valence-electron chi connectivity index (χ3n) is 4.92. The van der Waals surface area contributed by atoms with Crippen molar-refractivity contribution in [1.82, 2.24) is 9.97 Å². The molecule has 1 aliphatic rings. The van der Waals surface area contributed by atoms with E-state index >= 15 is 0 Å². The van der Waals surface area contributed by atoms with Gasteiger partial charge in [0.15, 0.2) is 0 Å². The van der Waals surface area contributed by atoms with E-state index in [4.69, 9.17) is 0 Å². The molecule has 26 heavy (non-hydrogen) atoms. The lowest BCUT2D eigenvalue weighted by Gasteiger charge is -2.38. The molecule has 0 spiro atoms. The van der Waals surface area contributed by atoms with Gasteiger partial charge >= 0.3 is 6.85 Å². The number of anilines is 2. The van der Waals surface area contributed by atoms with E-state index in [-0.39, 0.29) is 6.85 Å². The Labute approximate surface area is 153 Å². The van der Waals surface area contributed by atoms with E-state index in [1.165, 1.54) is 33.4 Å². The molecule has 0 amide bonds. The SMILES string of the molecule is c1ccc(N2B(c3ccncc3)c3ccncc3-c3ccccc32)cc1. The van der Waals surface area contributed by atoms with Gasteiger partial charge < -0.3 is 4.81 Å². The lowest BCUT2D eigenvalue weighted by molar-refractivity contribution is 1.30. The molecule has 0 radical (unpaired) electrons. The third kappa shape index (κ3) is 2.31. The topological polar surface area (TPSA) is 29.0 Å². The number of fused-ring (bicyclic) bond motifs is 3. The van der Waals surface area contributed by atoms with Gasteiger partial charge in [0, 0.05) is 41.7 Å². The maximum Gasteiger partial charge on any atom is 0.329 e. The predicted octanol–water partition coefficient (Wildman–Crippen LogP) is 3.40. The maximum atomic E-state index is 4.39. The van der Waals surface area contributed by atoms with E-state index in [1.807, 2.05) is 24.8 Å². The fourth-order valence-electron chi connectivity index (χ4n) is 3.81. The summed E-state index contributed by atoms with van der Waals surface area (Å²) < 4.78 is 0. The molecule has 0 fully saturated rings. The number of benzene rings is 2. The Balaban J connectivity index is 1.83. The number of nitrogens with zero attached hydrogens (tertiary/aromatic N) is 3. The van der Waals surface area contributed by atoms with Gasteiger partial charge in [-0.15, -0.1) is 0 Å². The van der Waals surface area contributed by atoms with E-state index in [2.05, 4.69) is 87.6 Å². The zero-order valence-corrected chi connectivity index (χ0v) is 14.2. The Morgan fingerprint density at radius 2 is 1.38 bits per heavy atom. The van der Waals surface area contributed by atoms with Gasteiger partial charge in [-0.2, -0.15) is 0 Å². The summed E-state index contributed by atoms with van der Waals surface area (Å²) in [6, 6.07) is 25.4. The highest BCUT2D eigenvalue weighted by molar-refractivity contribution is 6.90. The highest BCUT2D eigenvalue weighted by atomic mass is 15.1. The van der Waals surface area contributed by atoms with Crippen molar-refractivity contribution in [3.8, 4) is 11.1 Å². The quantitative estimate of drug-likeness (QED) is 0.527. The van der Waals surface area contributed by atoms with Crippen LogP contribution in [0.25, 0.3) is 11.1 Å². The van der Waals surface area contributed by atoms with Crippen LogP contribution in [0.1, 0.15) is 0 Å². The van der Waals surface area contributed by atoms with Crippen LogP contribution in [-0.2, 0) is 0 Å². The summed E-state index contributed by atoms with van der Waals surface area (Å²) in [4.78, 5) is 11.0. The number of rotatable bonds is 2. The van der Waals surface area contributed by atoms with Crippen LogP contribution in [0.15, 0.2) is 97.6 Å². The Morgan fingerprint density at radius 3 is 2.23 bits per heavy atom. The fourth-order valence-corrected chi connectivity index (χ4v) is 3.81. The second-order valence-electron chi connectivity index (χ2n) is 6.37. The average Bonchev–Trinajstić information content (AvgIpc) is 2.74. The van der Waals surface area contributed by atoms with Crippen LogP contribution >= 0.6 is 0 Å². The second-order valence-corrected chi connectivity index (χ2v) is 6.37. The van der Waals surface area contributed by atoms with Crippen molar-refractivity contribution >= 4 is 29.1 Å². The first-order chi connectivity index (χ1) is 12.9. The van der Waals surface area contributed by atoms with Crippen LogP contribution in [-0.4, -0.2) is 16.8 Å². The van der Waals surface area contributed by atoms with Crippen LogP contribution in [0.3, 0.4) is 0 Å². The van der Waals surface area contributed by atoms with Gasteiger partial charge in [0.1, 0.15) is 0 Å². The average molecular weight is 333 g/mol. The zero-order chi connectivity index (χ0) is 17.3. The van der Waals surface area contributed by atoms with E-state index in [0.717, 1.165) is 0 Å². The van der Waals surface area contributed by atoms with Gasteiger partial charge in [0.05, 0.1) is 0 Å². The molecule has 2 aromatic heterocycles. The molecule has 4 aromatic rings. The van der Waals surface area contributed by atoms with Crippen molar-refractivity contribution in [3.05, 3.63) is 97.6 Å². The molecule has 0 atom stereocenters. The summed E-state index contributed by atoms with van der Waals surface area (Å²) >= 11 is 0. The smallest absolute Gasteiger partial charge is 0.329 e. The van der Waals surface area contributed by atoms with Crippen molar-refractivity contribution in [3.63, 3.8) is 0 Å². The van der Waals surface area contributed by atoms with E-state index in [1.54, 1.807) is 0 Å². The minimum Gasteiger partial charge on any atom is -0.376 e. The van der Waals surface area contributed by atoms with Crippen molar-refractivity contribution in [2.24, 2.45) is 0 Å². The lowest BCUT2D eigenvalue weighted by Crippen LogP contribution is -2.57. The minimum atomic E-state index is 0.0771. The molecule has 0 unspecified atom stereocenters. The van der Waals surface area contributed by atoms with Gasteiger partial charge in [-0.25, -0.2) is 0 Å². The van der Waals surface area contributed by atoms with Gasteiger partial charge in [-0.3, -0.25) is 9.97 Å². The standard InChI is InChI=1S/C22H16BN3/c1-2-6-18(7-3-1)26-22-9-5-4-8-19(22)20-16-25-15-12-21(20)23(26)17-10-13-24-14-11-17/h1-16H. The van der Waals surface area contributed by atoms with Crippen molar-refractivity contribution in [2.45, 2.75) is 0 Å². The molecule has 3 heterocycles. The Kier molecular flexibility index (Phi) is 3.53. The highest BCUT2D eigenvalue weighted by Crippen LogP contribution is 2.38. The third-order valence-corrected chi connectivity index (χ3v) is 4.92. The summed E-state index contributed by atoms with van der Waals surface area (Å²) in [7, 11) is 0. The van der Waals surface area contributed by atoms with Gasteiger partial charge in [0.25, 0.3) is 0 Å². The summed E-state index contributed by atoms with van der Waals surface area (Å²) in [6.07, 6.45) is 7.58. The number of hydrogen-bond donors (Lipinski definition) is 0. The molecule has 4 heteroatoms. The molecule has 2 aromatic carbocycles. The highest BCUT2D eigenvalue weighted by Gasteiger charge is 2.36. The predicted molar refractivity (Wildman–Crippen MR) is 108 cm³/mol. The van der Waals surface area contributed by atoms with Crippen LogP contribution in [0.5, 0.6) is 0 Å². The number of para-hydroxylation sites is 2. The van der Waals surface area contributed by atoms with Gasteiger partial charge in [-0.05, 0) is 52.9 Å². The van der Waals surface area contributed by atoms with E-state index in [0.29, 0.717) is 0 Å². The number of pyridine rings is 2. The van der Waals surface area contributed by atoms with Gasteiger partial charge in [-0.1, -0.05) is 36.4 Å². The Morgan fingerprint density at radius 1 is 0.654 bits per heavy atom. The Bertz CT molecular complexity index is 964. The normalized spacial score (nSPS) is 12.5. The molecule has 1 aliphatic heterocycles. The molecular weight excluding hydrogens is 317 g/mol. The Hall–Kier alpha value is -3.40. The molecular formula is C22H16BN3. The zero-order valence-electron chi connectivity index (χ0n) is 14.2. The maximum absolute atomic E-state index is 4.39. The summed E-state index contributed by atoms with van der Waals surface area (Å²) in [5, 5.41) is 0. The van der Waals surface area contributed by atoms with Crippen LogP contribution in [0, 0.1) is 0 Å². The molecule has 0 saturated heterocycles. The van der Waals surface area contributed by atoms with E-state index < -0.39 is 0 Å². The molecule has 0 N–H and O–H groups in total. The van der Waals surface area contributed by atoms with Gasteiger partial charge in [0.2, 0.25) is 0 Å². The number of hydrogen-bond acceptors (Lipinski definition) is 3. The first-order valence-corrected chi connectivity index (χ1v) is 8.71. The van der Waals surface area contributed by atoms with Crippen LogP contribution < -0.4 is 15.7 Å². The largest absolute Gasteiger partial charge is 0.376 e. The molecule has 122 valence electrons. The fraction of sp³-hybridized carbons (Fsp3) is 0. The van der Waals surface area contributed by atoms with E-state index in [9.17, 15) is 0 Å². The molecule has 3 nitrogen and oxygen atoms in total. The van der Waals surface area contributed by atoms with Crippen molar-refractivity contribution in [1.29, 1.82) is 0 Å². The summed E-state index contributed by atoms with van der Waals surface area (Å²) in [6.45, 7) is 0.0771. The summed E-state index contributed by atoms with van der Waals surface area (Å²) in [5.74, 6) is 0. The first kappa shape index (κ1) is 14.9. The van der Waals surface area contributed by atoms with Crippen molar-refractivity contribution in [2.75, 3.05) is 4.81 Å². The molecule has 0 aliphatic carbocycles. The van der Waals surface area contributed by atoms with Crippen molar-refractivity contribution < 1.29 is 0 Å². The van der Waals surface area contributed by atoms with Crippen LogP contribution in [0.4, 0.5) is 11.4 Å². The second kappa shape index (κ2) is 6.15. The number of aromatic nitrogens is 2. The lowest BCUT2D eigenvalue weighted by atomic mass is 9.46. The monoisotopic (exact) mass is 333 g/mol. The minimum absolute atomic E-state index is 0.0771. The first-order valence-electron chi connectivity index (χ1n) is 8.71. The molecule has 5 rings (SSSR count). The van der Waals surface area contributed by atoms with Crippen LogP contribution in [0.2, 0.25) is 0 Å². The molecule has 0 saturated carbocycles. The molecule has 0 bridgehead atoms.